The van der Waals surface area contributed by atoms with E-state index in [1.54, 1.807) is 30.7 Å². The molecule has 1 atom stereocenters. The molecule has 0 aromatic carbocycles. The molecule has 1 saturated heterocycles. The van der Waals surface area contributed by atoms with Crippen LogP contribution in [0.25, 0.3) is 11.3 Å². The van der Waals surface area contributed by atoms with E-state index >= 15 is 0 Å². The number of thiophene rings is 1. The minimum Gasteiger partial charge on any atom is -0.442 e. The Morgan fingerprint density at radius 1 is 1.25 bits per heavy atom. The lowest BCUT2D eigenvalue weighted by Gasteiger charge is -2.13. The van der Waals surface area contributed by atoms with Crippen molar-refractivity contribution in [3.63, 3.8) is 0 Å². The van der Waals surface area contributed by atoms with Gasteiger partial charge in [0.2, 0.25) is 0 Å². The van der Waals surface area contributed by atoms with E-state index < -0.39 is 12.2 Å². The molecule has 0 bridgehead atoms. The van der Waals surface area contributed by atoms with Crippen LogP contribution < -0.4 is 10.2 Å². The number of anilines is 1. The average Bonchev–Trinajstić information content (AvgIpc) is 3.32. The van der Waals surface area contributed by atoms with Crippen LogP contribution >= 0.6 is 22.9 Å². The van der Waals surface area contributed by atoms with Crippen molar-refractivity contribution in [3.8, 4) is 11.3 Å². The molecule has 1 N–H and O–H groups in total. The number of nitrogens with one attached hydrogen (secondary N) is 1. The summed E-state index contributed by atoms with van der Waals surface area (Å²) in [7, 11) is 0. The largest absolute Gasteiger partial charge is 0.442 e. The van der Waals surface area contributed by atoms with Gasteiger partial charge in [0.15, 0.2) is 0 Å². The topological polar surface area (TPSA) is 84.4 Å². The zero-order chi connectivity index (χ0) is 19.5. The molecule has 9 heteroatoms. The Kier molecular flexibility index (Phi) is 5.23. The maximum atomic E-state index is 12.2. The second-order valence-electron chi connectivity index (χ2n) is 6.07. The van der Waals surface area contributed by atoms with E-state index in [-0.39, 0.29) is 12.5 Å². The first kappa shape index (κ1) is 18.4. The van der Waals surface area contributed by atoms with Crippen LogP contribution in [-0.2, 0) is 4.74 Å². The molecule has 3 aromatic rings. The number of carbonyl (C=O) groups excluding carboxylic acids is 2. The van der Waals surface area contributed by atoms with Crippen LogP contribution in [0, 0.1) is 0 Å². The molecule has 0 aliphatic carbocycles. The molecule has 7 nitrogen and oxygen atoms in total. The fourth-order valence-corrected chi connectivity index (χ4v) is 3.77. The van der Waals surface area contributed by atoms with Gasteiger partial charge in [0.25, 0.3) is 5.91 Å². The summed E-state index contributed by atoms with van der Waals surface area (Å²) >= 11 is 7.04. The molecule has 0 unspecified atom stereocenters. The summed E-state index contributed by atoms with van der Waals surface area (Å²) < 4.78 is 5.90. The molecule has 1 aliphatic rings. The molecule has 2 amide bonds. The molecule has 1 fully saturated rings. The second-order valence-corrected chi connectivity index (χ2v) is 7.78. The van der Waals surface area contributed by atoms with Crippen molar-refractivity contribution in [1.29, 1.82) is 0 Å². The van der Waals surface area contributed by atoms with Gasteiger partial charge in [-0.25, -0.2) is 4.79 Å². The van der Waals surface area contributed by atoms with Gasteiger partial charge in [-0.1, -0.05) is 11.6 Å². The number of ether oxygens (including phenoxy) is 1. The molecule has 1 aliphatic heterocycles. The predicted molar refractivity (Wildman–Crippen MR) is 107 cm³/mol. The third-order valence-corrected chi connectivity index (χ3v) is 5.43. The predicted octanol–water partition coefficient (Wildman–Crippen LogP) is 3.61. The summed E-state index contributed by atoms with van der Waals surface area (Å²) in [5, 5.41) is 2.76. The second kappa shape index (κ2) is 7.95. The molecule has 28 heavy (non-hydrogen) atoms. The van der Waals surface area contributed by atoms with Crippen molar-refractivity contribution in [3.05, 3.63) is 64.2 Å². The van der Waals surface area contributed by atoms with E-state index in [4.69, 9.17) is 16.3 Å². The summed E-state index contributed by atoms with van der Waals surface area (Å²) in [4.78, 5) is 34.7. The molecule has 3 aromatic heterocycles. The molecule has 142 valence electrons. The number of hydrogen-bond acceptors (Lipinski definition) is 6. The first-order valence-electron chi connectivity index (χ1n) is 8.48. The Balaban J connectivity index is 1.37. The van der Waals surface area contributed by atoms with Crippen LogP contribution in [0.5, 0.6) is 0 Å². The molecular weight excluding hydrogens is 400 g/mol. The van der Waals surface area contributed by atoms with Crippen molar-refractivity contribution >= 4 is 40.6 Å². The van der Waals surface area contributed by atoms with E-state index in [1.165, 1.54) is 16.2 Å². The first-order chi connectivity index (χ1) is 13.6. The van der Waals surface area contributed by atoms with Crippen LogP contribution in [-0.4, -0.2) is 41.2 Å². The highest BCUT2D eigenvalue weighted by Gasteiger charge is 2.32. The Labute approximate surface area is 169 Å². The summed E-state index contributed by atoms with van der Waals surface area (Å²) in [6.07, 6.45) is 4.13. The summed E-state index contributed by atoms with van der Waals surface area (Å²) in [5.74, 6) is -0.241. The van der Waals surface area contributed by atoms with E-state index in [2.05, 4.69) is 15.3 Å². The number of nitrogens with zero attached hydrogens (tertiary/aromatic N) is 3. The highest BCUT2D eigenvalue weighted by atomic mass is 35.5. The molecule has 4 heterocycles. The number of pyridine rings is 2. The van der Waals surface area contributed by atoms with Crippen molar-refractivity contribution in [2.24, 2.45) is 0 Å². The van der Waals surface area contributed by atoms with E-state index in [9.17, 15) is 9.59 Å². The number of aromatic nitrogens is 2. The third kappa shape index (κ3) is 3.97. The minimum absolute atomic E-state index is 0.221. The molecule has 0 saturated carbocycles. The van der Waals surface area contributed by atoms with E-state index in [0.717, 1.165) is 11.3 Å². The van der Waals surface area contributed by atoms with Crippen LogP contribution in [0.15, 0.2) is 55.0 Å². The first-order valence-corrected chi connectivity index (χ1v) is 9.68. The quantitative estimate of drug-likeness (QED) is 0.689. The number of carbonyl (C=O) groups is 2. The Bertz CT molecular complexity index is 994. The van der Waals surface area contributed by atoms with Gasteiger partial charge in [-0.05, 0) is 36.4 Å². The van der Waals surface area contributed by atoms with Gasteiger partial charge >= 0.3 is 6.09 Å². The summed E-state index contributed by atoms with van der Waals surface area (Å²) in [6, 6.07) is 10.7. The zero-order valence-electron chi connectivity index (χ0n) is 14.5. The Morgan fingerprint density at radius 3 is 2.75 bits per heavy atom. The number of rotatable bonds is 5. The fraction of sp³-hybridized carbons (Fsp3) is 0.158. The minimum atomic E-state index is -0.461. The number of hydrogen-bond donors (Lipinski definition) is 1. The highest BCUT2D eigenvalue weighted by molar-refractivity contribution is 7.17. The normalized spacial score (nSPS) is 16.1. The van der Waals surface area contributed by atoms with Crippen molar-refractivity contribution < 1.29 is 14.3 Å². The fourth-order valence-electron chi connectivity index (χ4n) is 2.81. The smallest absolute Gasteiger partial charge is 0.414 e. The molecule has 4 rings (SSSR count). The van der Waals surface area contributed by atoms with E-state index in [0.29, 0.717) is 21.4 Å². The van der Waals surface area contributed by atoms with Crippen LogP contribution in [0.1, 0.15) is 9.67 Å². The van der Waals surface area contributed by atoms with Gasteiger partial charge in [-0.3, -0.25) is 19.7 Å². The SMILES string of the molecule is O=C(NC[C@H]1CN(c2ccc(-c3ccncc3)nc2)C(=O)O1)c1ccc(Cl)s1. The van der Waals surface area contributed by atoms with Crippen molar-refractivity contribution in [1.82, 2.24) is 15.3 Å². The summed E-state index contributed by atoms with van der Waals surface area (Å²) in [5.41, 5.74) is 2.37. The lowest BCUT2D eigenvalue weighted by atomic mass is 10.2. The van der Waals surface area contributed by atoms with Crippen molar-refractivity contribution in [2.45, 2.75) is 6.10 Å². The maximum absolute atomic E-state index is 12.2. The van der Waals surface area contributed by atoms with E-state index in [1.807, 2.05) is 24.3 Å². The van der Waals surface area contributed by atoms with Crippen LogP contribution in [0.4, 0.5) is 10.5 Å². The Hall–Kier alpha value is -2.97. The van der Waals surface area contributed by atoms with Crippen molar-refractivity contribution in [2.75, 3.05) is 18.0 Å². The van der Waals surface area contributed by atoms with Crippen LogP contribution in [0.3, 0.4) is 0 Å². The van der Waals surface area contributed by atoms with Gasteiger partial charge in [-0.2, -0.15) is 0 Å². The zero-order valence-corrected chi connectivity index (χ0v) is 16.1. The van der Waals surface area contributed by atoms with Gasteiger partial charge in [0, 0.05) is 18.0 Å². The lowest BCUT2D eigenvalue weighted by Crippen LogP contribution is -2.34. The van der Waals surface area contributed by atoms with Gasteiger partial charge in [-0.15, -0.1) is 11.3 Å². The van der Waals surface area contributed by atoms with Gasteiger partial charge in [0.05, 0.1) is 39.9 Å². The molecule has 0 spiro atoms. The van der Waals surface area contributed by atoms with Crippen LogP contribution in [0.2, 0.25) is 4.34 Å². The lowest BCUT2D eigenvalue weighted by molar-refractivity contribution is 0.0920. The highest BCUT2D eigenvalue weighted by Crippen LogP contribution is 2.24. The Morgan fingerprint density at radius 2 is 2.07 bits per heavy atom. The molecule has 0 radical (unpaired) electrons. The number of halogens is 1. The number of cyclic esters (lactones) is 1. The van der Waals surface area contributed by atoms with Gasteiger partial charge < -0.3 is 10.1 Å². The number of amides is 2. The standard InChI is InChI=1S/C19H15ClN4O3S/c20-17-4-3-16(28-17)18(25)23-10-14-11-24(19(26)27-14)13-1-2-15(22-9-13)12-5-7-21-8-6-12/h1-9,14H,10-11H2,(H,23,25)/t14-/m0/s1. The molecular formula is C19H15ClN4O3S. The van der Waals surface area contributed by atoms with Gasteiger partial charge in [0.1, 0.15) is 6.10 Å². The average molecular weight is 415 g/mol. The maximum Gasteiger partial charge on any atom is 0.414 e. The third-order valence-electron chi connectivity index (χ3n) is 4.20. The summed E-state index contributed by atoms with van der Waals surface area (Å²) in [6.45, 7) is 0.555. The monoisotopic (exact) mass is 414 g/mol.